The molecule has 1 fully saturated rings. The van der Waals surface area contributed by atoms with Crippen LogP contribution in [0.4, 0.5) is 0 Å². The Morgan fingerprint density at radius 2 is 1.95 bits per heavy atom. The second kappa shape index (κ2) is 6.15. The minimum Gasteiger partial charge on any atom is -0.296 e. The molecule has 2 aromatic carbocycles. The molecule has 3 nitrogen and oxygen atoms in total. The maximum Gasteiger partial charge on any atom is 0.109 e. The van der Waals surface area contributed by atoms with E-state index in [1.54, 1.807) is 0 Å². The molecule has 22 heavy (non-hydrogen) atoms. The van der Waals surface area contributed by atoms with Crippen molar-refractivity contribution in [2.24, 2.45) is 0 Å². The summed E-state index contributed by atoms with van der Waals surface area (Å²) in [5, 5.41) is 0. The van der Waals surface area contributed by atoms with Crippen LogP contribution in [0.25, 0.3) is 11.0 Å². The van der Waals surface area contributed by atoms with Crippen LogP contribution in [0.1, 0.15) is 24.0 Å². The van der Waals surface area contributed by atoms with Crippen molar-refractivity contribution in [3.05, 3.63) is 59.7 Å². The van der Waals surface area contributed by atoms with Crippen molar-refractivity contribution in [1.29, 1.82) is 0 Å². The van der Waals surface area contributed by atoms with Crippen LogP contribution in [0.5, 0.6) is 0 Å². The number of hydrogen-bond donors (Lipinski definition) is 0. The average Bonchev–Trinajstić information content (AvgIpc) is 3.19. The van der Waals surface area contributed by atoms with Gasteiger partial charge in [-0.3, -0.25) is 4.90 Å². The Morgan fingerprint density at radius 3 is 2.86 bits per heavy atom. The van der Waals surface area contributed by atoms with Gasteiger partial charge in [0.25, 0.3) is 0 Å². The molecule has 1 aliphatic heterocycles. The third-order valence-corrected chi connectivity index (χ3v) is 5.10. The number of hydrogen-bond acceptors (Lipinski definition) is 4. The molecule has 1 aromatic heterocycles. The van der Waals surface area contributed by atoms with Crippen molar-refractivity contribution in [1.82, 2.24) is 13.6 Å². The zero-order chi connectivity index (χ0) is 14.8. The molecule has 1 atom stereocenters. The zero-order valence-electron chi connectivity index (χ0n) is 12.5. The smallest absolute Gasteiger partial charge is 0.109 e. The Hall–Kier alpha value is -1.78. The number of aromatic nitrogens is 2. The molecule has 1 unspecified atom stereocenters. The molecule has 1 saturated heterocycles. The van der Waals surface area contributed by atoms with E-state index in [1.807, 2.05) is 6.07 Å². The SMILES string of the molecule is c1ccc(CC2CCCN2Cc2cccc3nsnc23)cc1. The summed E-state index contributed by atoms with van der Waals surface area (Å²) in [6.07, 6.45) is 3.73. The molecule has 1 aliphatic rings. The molecule has 112 valence electrons. The molecule has 0 spiro atoms. The first-order chi connectivity index (χ1) is 10.9. The molecule has 0 aliphatic carbocycles. The number of nitrogens with zero attached hydrogens (tertiary/aromatic N) is 3. The summed E-state index contributed by atoms with van der Waals surface area (Å²) in [5.74, 6) is 0. The van der Waals surface area contributed by atoms with Gasteiger partial charge in [0.1, 0.15) is 11.0 Å². The molecular weight excluding hydrogens is 290 g/mol. The second-order valence-electron chi connectivity index (χ2n) is 6.01. The maximum atomic E-state index is 4.47. The third kappa shape index (κ3) is 2.76. The summed E-state index contributed by atoms with van der Waals surface area (Å²) in [5.41, 5.74) is 4.86. The average molecular weight is 309 g/mol. The Labute approximate surface area is 134 Å². The lowest BCUT2D eigenvalue weighted by molar-refractivity contribution is 0.245. The zero-order valence-corrected chi connectivity index (χ0v) is 13.3. The molecule has 0 bridgehead atoms. The van der Waals surface area contributed by atoms with Crippen molar-refractivity contribution in [3.63, 3.8) is 0 Å². The van der Waals surface area contributed by atoms with Gasteiger partial charge < -0.3 is 0 Å². The van der Waals surface area contributed by atoms with Gasteiger partial charge in [-0.25, -0.2) is 0 Å². The summed E-state index contributed by atoms with van der Waals surface area (Å²) in [7, 11) is 0. The number of rotatable bonds is 4. The molecule has 2 heterocycles. The normalized spacial score (nSPS) is 19.0. The predicted octanol–water partition coefficient (Wildman–Crippen LogP) is 3.90. The summed E-state index contributed by atoms with van der Waals surface area (Å²) < 4.78 is 8.83. The summed E-state index contributed by atoms with van der Waals surface area (Å²) in [6.45, 7) is 2.17. The standard InChI is InChI=1S/C18H19N3S/c1-2-6-14(7-3-1)12-16-9-5-11-21(16)13-15-8-4-10-17-18(15)20-22-19-17/h1-4,6-8,10,16H,5,9,11-13H2. The van der Waals surface area contributed by atoms with Gasteiger partial charge in [0.05, 0.1) is 11.7 Å². The van der Waals surface area contributed by atoms with Crippen molar-refractivity contribution < 1.29 is 0 Å². The number of fused-ring (bicyclic) bond motifs is 1. The van der Waals surface area contributed by atoms with Crippen LogP contribution in [0.2, 0.25) is 0 Å². The van der Waals surface area contributed by atoms with Gasteiger partial charge in [-0.05, 0) is 43.0 Å². The first-order valence-electron chi connectivity index (χ1n) is 7.88. The van der Waals surface area contributed by atoms with E-state index in [9.17, 15) is 0 Å². The van der Waals surface area contributed by atoms with Gasteiger partial charge >= 0.3 is 0 Å². The molecule has 4 heteroatoms. The minimum absolute atomic E-state index is 0.643. The Bertz CT molecular complexity index is 753. The van der Waals surface area contributed by atoms with Crippen LogP contribution in [-0.4, -0.2) is 26.2 Å². The van der Waals surface area contributed by atoms with E-state index in [1.165, 1.54) is 42.2 Å². The van der Waals surface area contributed by atoms with Crippen molar-refractivity contribution in [3.8, 4) is 0 Å². The van der Waals surface area contributed by atoms with Crippen LogP contribution >= 0.6 is 11.7 Å². The van der Waals surface area contributed by atoms with Crippen molar-refractivity contribution in [2.45, 2.75) is 31.8 Å². The lowest BCUT2D eigenvalue weighted by Gasteiger charge is -2.24. The maximum absolute atomic E-state index is 4.47. The number of benzene rings is 2. The van der Waals surface area contributed by atoms with Crippen LogP contribution in [0, 0.1) is 0 Å². The fourth-order valence-electron chi connectivity index (χ4n) is 3.43. The quantitative estimate of drug-likeness (QED) is 0.732. The Morgan fingerprint density at radius 1 is 1.05 bits per heavy atom. The molecule has 0 amide bonds. The highest BCUT2D eigenvalue weighted by Crippen LogP contribution is 2.25. The van der Waals surface area contributed by atoms with E-state index in [4.69, 9.17) is 0 Å². The van der Waals surface area contributed by atoms with Crippen LogP contribution < -0.4 is 0 Å². The van der Waals surface area contributed by atoms with E-state index in [0.717, 1.165) is 24.0 Å². The Balaban J connectivity index is 1.53. The molecule has 3 aromatic rings. The van der Waals surface area contributed by atoms with Gasteiger partial charge in [0.15, 0.2) is 0 Å². The third-order valence-electron chi connectivity index (χ3n) is 4.56. The fraction of sp³-hybridized carbons (Fsp3) is 0.333. The molecule has 0 radical (unpaired) electrons. The highest BCUT2D eigenvalue weighted by molar-refractivity contribution is 7.00. The Kier molecular flexibility index (Phi) is 3.87. The lowest BCUT2D eigenvalue weighted by atomic mass is 10.0. The van der Waals surface area contributed by atoms with Gasteiger partial charge in [0, 0.05) is 12.6 Å². The van der Waals surface area contributed by atoms with Gasteiger partial charge in [-0.2, -0.15) is 8.75 Å². The highest BCUT2D eigenvalue weighted by atomic mass is 32.1. The van der Waals surface area contributed by atoms with Gasteiger partial charge in [0.2, 0.25) is 0 Å². The minimum atomic E-state index is 0.643. The molecule has 0 N–H and O–H groups in total. The fourth-order valence-corrected chi connectivity index (χ4v) is 4.00. The van der Waals surface area contributed by atoms with Crippen molar-refractivity contribution in [2.75, 3.05) is 6.54 Å². The van der Waals surface area contributed by atoms with E-state index in [0.29, 0.717) is 6.04 Å². The topological polar surface area (TPSA) is 29.0 Å². The van der Waals surface area contributed by atoms with Crippen LogP contribution in [0.15, 0.2) is 48.5 Å². The van der Waals surface area contributed by atoms with Crippen LogP contribution in [0.3, 0.4) is 0 Å². The van der Waals surface area contributed by atoms with E-state index < -0.39 is 0 Å². The summed E-state index contributed by atoms with van der Waals surface area (Å²) >= 11 is 1.31. The van der Waals surface area contributed by atoms with Gasteiger partial charge in [-0.1, -0.05) is 42.5 Å². The van der Waals surface area contributed by atoms with Crippen molar-refractivity contribution >= 4 is 22.8 Å². The molecular formula is C18H19N3S. The second-order valence-corrected chi connectivity index (χ2v) is 6.53. The largest absolute Gasteiger partial charge is 0.296 e. The summed E-state index contributed by atoms with van der Waals surface area (Å²) in [6, 6.07) is 17.8. The van der Waals surface area contributed by atoms with Gasteiger partial charge in [-0.15, -0.1) is 0 Å². The van der Waals surface area contributed by atoms with E-state index in [-0.39, 0.29) is 0 Å². The number of likely N-dealkylation sites (tertiary alicyclic amines) is 1. The van der Waals surface area contributed by atoms with E-state index in [2.05, 4.69) is 56.1 Å². The predicted molar refractivity (Wildman–Crippen MR) is 91.0 cm³/mol. The first kappa shape index (κ1) is 13.9. The lowest BCUT2D eigenvalue weighted by Crippen LogP contribution is -2.30. The molecule has 4 rings (SSSR count). The first-order valence-corrected chi connectivity index (χ1v) is 8.61. The van der Waals surface area contributed by atoms with Crippen LogP contribution in [-0.2, 0) is 13.0 Å². The monoisotopic (exact) mass is 309 g/mol. The summed E-state index contributed by atoms with van der Waals surface area (Å²) in [4.78, 5) is 2.61. The molecule has 0 saturated carbocycles. The van der Waals surface area contributed by atoms with E-state index >= 15 is 0 Å². The highest BCUT2D eigenvalue weighted by Gasteiger charge is 2.25.